The molecule has 164 valence electrons. The number of aliphatic hydroxyl groups is 1. The summed E-state index contributed by atoms with van der Waals surface area (Å²) >= 11 is 0. The summed E-state index contributed by atoms with van der Waals surface area (Å²) in [4.78, 5) is 30.8. The zero-order valence-corrected chi connectivity index (χ0v) is 19.3. The number of ether oxygens (including phenoxy) is 1. The largest absolute Gasteiger partial charge is 0.454 e. The number of hydroxylamine groups is 1. The van der Waals surface area contributed by atoms with Gasteiger partial charge in [0.25, 0.3) is 5.78 Å². The molecule has 0 aliphatic carbocycles. The summed E-state index contributed by atoms with van der Waals surface area (Å²) in [5.41, 5.74) is 4.74. The van der Waals surface area contributed by atoms with Gasteiger partial charge in [-0.05, 0) is 69.6 Å². The molecule has 0 saturated carbocycles. The number of nitrogens with one attached hydrogen (secondary N) is 1. The Morgan fingerprint density at radius 2 is 1.69 bits per heavy atom. The summed E-state index contributed by atoms with van der Waals surface area (Å²) in [5, 5.41) is 9.46. The van der Waals surface area contributed by atoms with Gasteiger partial charge in [0.1, 0.15) is 11.6 Å². The number of hydrogen-bond acceptors (Lipinski definition) is 6. The first-order chi connectivity index (χ1) is 13.2. The van der Waals surface area contributed by atoms with Gasteiger partial charge in [-0.25, -0.2) is 4.79 Å². The SMILES string of the molecule is Cc1cc(C)c(C(C)(C)CCO)c(ON[C@H](C(=O)C(=O)OC(C)(C)C)C(C)C)c1. The minimum atomic E-state index is -0.881. The van der Waals surface area contributed by atoms with Crippen molar-refractivity contribution in [1.82, 2.24) is 5.48 Å². The molecule has 0 fully saturated rings. The molecule has 0 unspecified atom stereocenters. The summed E-state index contributed by atoms with van der Waals surface area (Å²) in [6.45, 7) is 16.9. The molecule has 6 nitrogen and oxygen atoms in total. The van der Waals surface area contributed by atoms with E-state index < -0.39 is 23.4 Å². The van der Waals surface area contributed by atoms with Gasteiger partial charge >= 0.3 is 5.97 Å². The molecule has 1 atom stereocenters. The van der Waals surface area contributed by atoms with Crippen LogP contribution in [0.3, 0.4) is 0 Å². The highest BCUT2D eigenvalue weighted by atomic mass is 16.6. The summed E-state index contributed by atoms with van der Waals surface area (Å²) in [6, 6.07) is 3.11. The van der Waals surface area contributed by atoms with Crippen LogP contribution in [0.15, 0.2) is 12.1 Å². The van der Waals surface area contributed by atoms with Gasteiger partial charge in [0.2, 0.25) is 0 Å². The third-order valence-electron chi connectivity index (χ3n) is 4.70. The molecule has 0 saturated heterocycles. The minimum absolute atomic E-state index is 0.0545. The van der Waals surface area contributed by atoms with Crippen molar-refractivity contribution in [3.63, 3.8) is 0 Å². The van der Waals surface area contributed by atoms with E-state index in [4.69, 9.17) is 9.57 Å². The molecule has 1 aromatic rings. The number of rotatable bonds is 9. The molecular weight excluding hydrogens is 370 g/mol. The van der Waals surface area contributed by atoms with Gasteiger partial charge in [0, 0.05) is 12.2 Å². The smallest absolute Gasteiger partial charge is 0.376 e. The Hall–Kier alpha value is -1.92. The molecule has 0 bridgehead atoms. The van der Waals surface area contributed by atoms with E-state index in [-0.39, 0.29) is 17.9 Å². The van der Waals surface area contributed by atoms with Crippen LogP contribution >= 0.6 is 0 Å². The number of benzene rings is 1. The van der Waals surface area contributed by atoms with Crippen LogP contribution < -0.4 is 10.3 Å². The molecule has 1 aromatic carbocycles. The number of esters is 1. The number of carbonyl (C=O) groups excluding carboxylic acids is 2. The van der Waals surface area contributed by atoms with Crippen molar-refractivity contribution in [2.24, 2.45) is 5.92 Å². The highest BCUT2D eigenvalue weighted by molar-refractivity contribution is 6.35. The first-order valence-corrected chi connectivity index (χ1v) is 10.1. The highest BCUT2D eigenvalue weighted by Gasteiger charge is 2.33. The lowest BCUT2D eigenvalue weighted by atomic mass is 9.78. The summed E-state index contributed by atoms with van der Waals surface area (Å²) < 4.78 is 5.22. The summed E-state index contributed by atoms with van der Waals surface area (Å²) in [7, 11) is 0. The molecule has 0 aliphatic heterocycles. The summed E-state index contributed by atoms with van der Waals surface area (Å²) in [6.07, 6.45) is 0.567. The highest BCUT2D eigenvalue weighted by Crippen LogP contribution is 2.37. The van der Waals surface area contributed by atoms with E-state index in [1.165, 1.54) is 0 Å². The van der Waals surface area contributed by atoms with Crippen LogP contribution in [0.4, 0.5) is 0 Å². The van der Waals surface area contributed by atoms with Crippen molar-refractivity contribution in [2.75, 3.05) is 6.61 Å². The van der Waals surface area contributed by atoms with Crippen LogP contribution in [-0.4, -0.2) is 35.1 Å². The lowest BCUT2D eigenvalue weighted by molar-refractivity contribution is -0.164. The molecule has 0 heterocycles. The standard InChI is InChI=1S/C23H37NO5/c1-14(2)19(20(26)21(27)28-22(5,6)7)24-29-17-13-15(3)12-16(4)18(17)23(8,9)10-11-25/h12-14,19,24-25H,10-11H2,1-9H3/t19-/m0/s1. The Morgan fingerprint density at radius 1 is 1.10 bits per heavy atom. The number of hydrogen-bond donors (Lipinski definition) is 2. The van der Waals surface area contributed by atoms with E-state index in [2.05, 4.69) is 11.5 Å². The zero-order chi connectivity index (χ0) is 22.6. The quantitative estimate of drug-likeness (QED) is 0.368. The fraction of sp³-hybridized carbons (Fsp3) is 0.652. The van der Waals surface area contributed by atoms with Gasteiger partial charge in [-0.1, -0.05) is 33.8 Å². The maximum Gasteiger partial charge on any atom is 0.376 e. The van der Waals surface area contributed by atoms with Crippen LogP contribution in [0.5, 0.6) is 5.75 Å². The third kappa shape index (κ3) is 7.12. The maximum atomic E-state index is 12.7. The van der Waals surface area contributed by atoms with Gasteiger partial charge in [-0.2, -0.15) is 0 Å². The van der Waals surface area contributed by atoms with E-state index in [1.54, 1.807) is 20.8 Å². The van der Waals surface area contributed by atoms with E-state index in [1.807, 2.05) is 47.6 Å². The van der Waals surface area contributed by atoms with Crippen LogP contribution in [0.25, 0.3) is 0 Å². The number of aryl methyl sites for hydroxylation is 2. The van der Waals surface area contributed by atoms with Crippen LogP contribution in [0, 0.1) is 19.8 Å². The lowest BCUT2D eigenvalue weighted by Crippen LogP contribution is -2.48. The van der Waals surface area contributed by atoms with E-state index in [0.717, 1.165) is 16.7 Å². The van der Waals surface area contributed by atoms with E-state index in [9.17, 15) is 14.7 Å². The average Bonchev–Trinajstić information content (AvgIpc) is 2.51. The summed E-state index contributed by atoms with van der Waals surface area (Å²) in [5.74, 6) is -1.15. The van der Waals surface area contributed by atoms with Crippen molar-refractivity contribution in [1.29, 1.82) is 0 Å². The predicted molar refractivity (Wildman–Crippen MR) is 114 cm³/mol. The first kappa shape index (κ1) is 25.1. The van der Waals surface area contributed by atoms with Crippen LogP contribution in [-0.2, 0) is 19.7 Å². The second kappa shape index (κ2) is 9.72. The Labute approximate surface area is 174 Å². The topological polar surface area (TPSA) is 84.9 Å². The van der Waals surface area contributed by atoms with Gasteiger partial charge < -0.3 is 14.7 Å². The molecular formula is C23H37NO5. The van der Waals surface area contributed by atoms with E-state index in [0.29, 0.717) is 12.2 Å². The second-order valence-corrected chi connectivity index (χ2v) is 9.62. The fourth-order valence-electron chi connectivity index (χ4n) is 3.36. The van der Waals surface area contributed by atoms with Gasteiger partial charge in [0.05, 0.1) is 0 Å². The number of aliphatic hydroxyl groups excluding tert-OH is 1. The normalized spacial score (nSPS) is 13.3. The van der Waals surface area contributed by atoms with Crippen LogP contribution in [0.2, 0.25) is 0 Å². The Bertz CT molecular complexity index is 732. The Balaban J connectivity index is 3.16. The second-order valence-electron chi connectivity index (χ2n) is 9.62. The number of carbonyl (C=O) groups is 2. The predicted octanol–water partition coefficient (Wildman–Crippen LogP) is 3.78. The monoisotopic (exact) mass is 407 g/mol. The number of Topliss-reactive ketones (excluding diaryl/α,β-unsaturated/α-hetero) is 1. The Kier molecular flexibility index (Phi) is 8.42. The average molecular weight is 408 g/mol. The maximum absolute atomic E-state index is 12.7. The van der Waals surface area contributed by atoms with Gasteiger partial charge in [-0.3, -0.25) is 4.79 Å². The number of ketones is 1. The van der Waals surface area contributed by atoms with E-state index >= 15 is 0 Å². The lowest BCUT2D eigenvalue weighted by Gasteiger charge is -2.30. The van der Waals surface area contributed by atoms with Crippen molar-refractivity contribution < 1.29 is 24.3 Å². The first-order valence-electron chi connectivity index (χ1n) is 10.1. The molecule has 0 aromatic heterocycles. The molecule has 29 heavy (non-hydrogen) atoms. The van der Waals surface area contributed by atoms with Crippen LogP contribution in [0.1, 0.15) is 71.6 Å². The molecule has 0 amide bonds. The van der Waals surface area contributed by atoms with Gasteiger partial charge in [-0.15, -0.1) is 5.48 Å². The third-order valence-corrected chi connectivity index (χ3v) is 4.70. The minimum Gasteiger partial charge on any atom is -0.454 e. The van der Waals surface area contributed by atoms with Crippen molar-refractivity contribution in [3.05, 3.63) is 28.8 Å². The fourth-order valence-corrected chi connectivity index (χ4v) is 3.36. The van der Waals surface area contributed by atoms with Crippen molar-refractivity contribution in [2.45, 2.75) is 85.8 Å². The van der Waals surface area contributed by atoms with Gasteiger partial charge in [0.15, 0.2) is 5.75 Å². The molecule has 0 spiro atoms. The van der Waals surface area contributed by atoms with Crippen molar-refractivity contribution in [3.8, 4) is 5.75 Å². The zero-order valence-electron chi connectivity index (χ0n) is 19.3. The molecule has 1 rings (SSSR count). The Morgan fingerprint density at radius 3 is 2.17 bits per heavy atom. The molecule has 0 aliphatic rings. The van der Waals surface area contributed by atoms with Crippen molar-refractivity contribution >= 4 is 11.8 Å². The molecule has 0 radical (unpaired) electrons. The molecule has 6 heteroatoms. The molecule has 2 N–H and O–H groups in total.